The summed E-state index contributed by atoms with van der Waals surface area (Å²) in [5.41, 5.74) is -0.660. The first kappa shape index (κ1) is 23.1. The normalized spacial score (nSPS) is 16.9. The highest BCUT2D eigenvalue weighted by Crippen LogP contribution is 2.16. The number of hydrogen-bond donors (Lipinski definition) is 2. The van der Waals surface area contributed by atoms with Gasteiger partial charge in [-0.3, -0.25) is 4.79 Å². The number of piperidine rings is 1. The number of sulfonamides is 1. The highest BCUT2D eigenvalue weighted by atomic mass is 32.2. The molecule has 0 saturated carbocycles. The van der Waals surface area contributed by atoms with Crippen LogP contribution in [0.3, 0.4) is 0 Å². The van der Waals surface area contributed by atoms with Gasteiger partial charge in [-0.15, -0.1) is 0 Å². The minimum Gasteiger partial charge on any atom is -0.444 e. The first-order chi connectivity index (χ1) is 13.4. The van der Waals surface area contributed by atoms with Crippen LogP contribution in [0.25, 0.3) is 0 Å². The van der Waals surface area contributed by atoms with Gasteiger partial charge in [0.2, 0.25) is 15.9 Å². The molecule has 1 heterocycles. The largest absolute Gasteiger partial charge is 0.444 e. The lowest BCUT2D eigenvalue weighted by Crippen LogP contribution is -2.52. The molecule has 1 aliphatic heterocycles. The Morgan fingerprint density at radius 2 is 1.72 bits per heavy atom. The van der Waals surface area contributed by atoms with Crippen molar-refractivity contribution in [3.05, 3.63) is 30.1 Å². The van der Waals surface area contributed by atoms with Gasteiger partial charge in [0.05, 0.1) is 4.90 Å². The Hall–Kier alpha value is -2.20. The molecule has 29 heavy (non-hydrogen) atoms. The molecule has 0 aromatic heterocycles. The Labute approximate surface area is 170 Å². The summed E-state index contributed by atoms with van der Waals surface area (Å²) >= 11 is 0. The molecule has 1 atom stereocenters. The van der Waals surface area contributed by atoms with Crippen molar-refractivity contribution in [1.82, 2.24) is 14.9 Å². The zero-order chi connectivity index (χ0) is 21.8. The van der Waals surface area contributed by atoms with E-state index >= 15 is 0 Å². The van der Waals surface area contributed by atoms with Crippen LogP contribution in [0.2, 0.25) is 0 Å². The zero-order valence-electron chi connectivity index (χ0n) is 17.1. The number of carbonyl (C=O) groups excluding carboxylic acids is 2. The maximum atomic E-state index is 13.0. The number of alkyl carbamates (subject to hydrolysis) is 1. The number of carbonyl (C=O) groups is 2. The maximum absolute atomic E-state index is 13.0. The molecule has 10 heteroatoms. The summed E-state index contributed by atoms with van der Waals surface area (Å²) in [6.07, 6.45) is 0.205. The molecule has 2 rings (SSSR count). The van der Waals surface area contributed by atoms with Crippen LogP contribution in [0.1, 0.15) is 40.5 Å². The van der Waals surface area contributed by atoms with E-state index in [4.69, 9.17) is 4.74 Å². The lowest BCUT2D eigenvalue weighted by atomic mass is 10.1. The molecule has 1 fully saturated rings. The Morgan fingerprint density at radius 1 is 1.17 bits per heavy atom. The van der Waals surface area contributed by atoms with Gasteiger partial charge in [0.1, 0.15) is 17.5 Å². The van der Waals surface area contributed by atoms with E-state index in [9.17, 15) is 22.4 Å². The number of nitrogens with zero attached hydrogens (tertiary/aromatic N) is 1. The monoisotopic (exact) mass is 429 g/mol. The molecule has 162 valence electrons. The van der Waals surface area contributed by atoms with Gasteiger partial charge in [-0.05, 0) is 64.8 Å². The van der Waals surface area contributed by atoms with Gasteiger partial charge in [-0.25, -0.2) is 22.3 Å². The number of rotatable bonds is 5. The second-order valence-electron chi connectivity index (χ2n) is 8.04. The Bertz CT molecular complexity index is 828. The minimum atomic E-state index is -3.76. The fraction of sp³-hybridized carbons (Fsp3) is 0.579. The molecule has 0 bridgehead atoms. The van der Waals surface area contributed by atoms with Gasteiger partial charge in [0.25, 0.3) is 0 Å². The smallest absolute Gasteiger partial charge is 0.408 e. The van der Waals surface area contributed by atoms with Gasteiger partial charge in [-0.2, -0.15) is 0 Å². The van der Waals surface area contributed by atoms with Crippen LogP contribution in [0.5, 0.6) is 0 Å². The van der Waals surface area contributed by atoms with Crippen molar-refractivity contribution in [3.8, 4) is 0 Å². The third kappa shape index (κ3) is 6.97. The maximum Gasteiger partial charge on any atom is 0.408 e. The zero-order valence-corrected chi connectivity index (χ0v) is 17.9. The predicted molar refractivity (Wildman–Crippen MR) is 105 cm³/mol. The highest BCUT2D eigenvalue weighted by Gasteiger charge is 2.30. The lowest BCUT2D eigenvalue weighted by molar-refractivity contribution is -0.134. The van der Waals surface area contributed by atoms with Crippen molar-refractivity contribution in [1.29, 1.82) is 0 Å². The van der Waals surface area contributed by atoms with Crippen LogP contribution in [0.15, 0.2) is 29.2 Å². The van der Waals surface area contributed by atoms with E-state index in [0.29, 0.717) is 25.9 Å². The molecular weight excluding hydrogens is 401 g/mol. The molecule has 0 aliphatic carbocycles. The number of ether oxygens (including phenoxy) is 1. The minimum absolute atomic E-state index is 0.00686. The van der Waals surface area contributed by atoms with Crippen LogP contribution in [0, 0.1) is 5.82 Å². The first-order valence-electron chi connectivity index (χ1n) is 9.43. The average Bonchev–Trinajstić information content (AvgIpc) is 2.60. The predicted octanol–water partition coefficient (Wildman–Crippen LogP) is 2.01. The van der Waals surface area contributed by atoms with E-state index < -0.39 is 33.6 Å². The van der Waals surface area contributed by atoms with E-state index in [1.807, 2.05) is 0 Å². The van der Waals surface area contributed by atoms with Gasteiger partial charge < -0.3 is 15.0 Å². The van der Waals surface area contributed by atoms with Gasteiger partial charge in [0, 0.05) is 19.1 Å². The molecule has 1 saturated heterocycles. The second kappa shape index (κ2) is 9.08. The molecular formula is C19H28FN3O5S. The first-order valence-corrected chi connectivity index (χ1v) is 10.9. The van der Waals surface area contributed by atoms with Crippen molar-refractivity contribution >= 4 is 22.0 Å². The molecule has 1 aliphatic rings. The van der Waals surface area contributed by atoms with Crippen molar-refractivity contribution < 1.29 is 27.1 Å². The fourth-order valence-electron chi connectivity index (χ4n) is 2.94. The second-order valence-corrected chi connectivity index (χ2v) is 9.76. The number of halogens is 1. The van der Waals surface area contributed by atoms with Crippen molar-refractivity contribution in [3.63, 3.8) is 0 Å². The van der Waals surface area contributed by atoms with E-state index in [1.165, 1.54) is 12.1 Å². The summed E-state index contributed by atoms with van der Waals surface area (Å²) in [7, 11) is -3.76. The molecule has 1 unspecified atom stereocenters. The van der Waals surface area contributed by atoms with Gasteiger partial charge in [-0.1, -0.05) is 0 Å². The Balaban J connectivity index is 1.85. The molecule has 2 N–H and O–H groups in total. The Kier molecular flexibility index (Phi) is 7.23. The summed E-state index contributed by atoms with van der Waals surface area (Å²) in [5.74, 6) is -0.763. The van der Waals surface area contributed by atoms with Crippen LogP contribution in [-0.4, -0.2) is 56.1 Å². The van der Waals surface area contributed by atoms with E-state index in [0.717, 1.165) is 12.1 Å². The van der Waals surface area contributed by atoms with Crippen LogP contribution >= 0.6 is 0 Å². The number of nitrogens with one attached hydrogen (secondary N) is 2. The molecule has 1 aromatic rings. The number of amides is 2. The standard InChI is InChI=1S/C19H28FN3O5S/c1-13(21-18(25)28-19(2,3)4)17(24)23-11-9-15(10-12-23)22-29(26,27)16-7-5-14(20)6-8-16/h5-8,13,15,22H,9-12H2,1-4H3,(H,21,25). The summed E-state index contributed by atoms with van der Waals surface area (Å²) in [5, 5.41) is 2.51. The third-order valence-corrected chi connectivity index (χ3v) is 5.89. The van der Waals surface area contributed by atoms with Crippen molar-refractivity contribution in [2.45, 2.75) is 63.1 Å². The lowest BCUT2D eigenvalue weighted by Gasteiger charge is -2.34. The molecule has 0 spiro atoms. The van der Waals surface area contributed by atoms with E-state index in [2.05, 4.69) is 10.0 Å². The topological polar surface area (TPSA) is 105 Å². The molecule has 8 nitrogen and oxygen atoms in total. The summed E-state index contributed by atoms with van der Waals surface area (Å²) in [6, 6.07) is 3.52. The van der Waals surface area contributed by atoms with Gasteiger partial charge >= 0.3 is 6.09 Å². The summed E-state index contributed by atoms with van der Waals surface area (Å²) < 4.78 is 45.5. The molecule has 1 aromatic carbocycles. The van der Waals surface area contributed by atoms with Crippen LogP contribution in [0.4, 0.5) is 9.18 Å². The van der Waals surface area contributed by atoms with Crippen LogP contribution in [-0.2, 0) is 19.6 Å². The van der Waals surface area contributed by atoms with Crippen molar-refractivity contribution in [2.75, 3.05) is 13.1 Å². The van der Waals surface area contributed by atoms with Gasteiger partial charge in [0.15, 0.2) is 0 Å². The van der Waals surface area contributed by atoms with Crippen molar-refractivity contribution in [2.24, 2.45) is 0 Å². The van der Waals surface area contributed by atoms with Crippen LogP contribution < -0.4 is 10.0 Å². The number of likely N-dealkylation sites (tertiary alicyclic amines) is 1. The third-order valence-electron chi connectivity index (χ3n) is 4.36. The molecule has 0 radical (unpaired) electrons. The summed E-state index contributed by atoms with van der Waals surface area (Å²) in [6.45, 7) is 7.49. The Morgan fingerprint density at radius 3 is 2.24 bits per heavy atom. The number of benzene rings is 1. The SMILES string of the molecule is CC(NC(=O)OC(C)(C)C)C(=O)N1CCC(NS(=O)(=O)c2ccc(F)cc2)CC1. The molecule has 2 amide bonds. The highest BCUT2D eigenvalue weighted by molar-refractivity contribution is 7.89. The van der Waals surface area contributed by atoms with E-state index in [-0.39, 0.29) is 16.8 Å². The quantitative estimate of drug-likeness (QED) is 0.745. The average molecular weight is 430 g/mol. The number of hydrogen-bond acceptors (Lipinski definition) is 5. The van der Waals surface area contributed by atoms with E-state index in [1.54, 1.807) is 32.6 Å². The fourth-order valence-corrected chi connectivity index (χ4v) is 4.24. The summed E-state index contributed by atoms with van der Waals surface area (Å²) in [4.78, 5) is 25.9.